The highest BCUT2D eigenvalue weighted by Gasteiger charge is 2.27. The molecule has 0 aromatic heterocycles. The zero-order chi connectivity index (χ0) is 15.9. The first-order chi connectivity index (χ1) is 11.9. The smallest absolute Gasteiger partial charge is 0.169 e. The second-order valence-corrected chi connectivity index (χ2v) is 6.28. The van der Waals surface area contributed by atoms with Crippen LogP contribution in [0.25, 0.3) is 21.5 Å². The number of fused-ring (bicyclic) bond motifs is 3. The number of epoxide rings is 2. The lowest BCUT2D eigenvalue weighted by Crippen LogP contribution is -2.09. The maximum atomic E-state index is 6.14. The summed E-state index contributed by atoms with van der Waals surface area (Å²) in [6, 6.07) is 16.6. The van der Waals surface area contributed by atoms with Crippen LogP contribution in [0.5, 0.6) is 11.5 Å². The molecule has 0 radical (unpaired) electrons. The van der Waals surface area contributed by atoms with Gasteiger partial charge in [0.25, 0.3) is 0 Å². The molecule has 2 atom stereocenters. The summed E-state index contributed by atoms with van der Waals surface area (Å²) in [5, 5.41) is 4.50. The Bertz CT molecular complexity index is 822. The molecule has 122 valence electrons. The van der Waals surface area contributed by atoms with E-state index in [0.29, 0.717) is 13.2 Å². The Balaban J connectivity index is 1.69. The third-order valence-corrected chi connectivity index (χ3v) is 4.47. The van der Waals surface area contributed by atoms with E-state index in [1.807, 2.05) is 12.1 Å². The molecule has 2 unspecified atom stereocenters. The zero-order valence-electron chi connectivity index (χ0n) is 13.2. The summed E-state index contributed by atoms with van der Waals surface area (Å²) in [5.74, 6) is 1.61. The van der Waals surface area contributed by atoms with Crippen LogP contribution in [0.4, 0.5) is 0 Å². The third-order valence-electron chi connectivity index (χ3n) is 4.47. The molecule has 0 amide bonds. The van der Waals surface area contributed by atoms with Gasteiger partial charge in [0.15, 0.2) is 11.5 Å². The van der Waals surface area contributed by atoms with Crippen LogP contribution < -0.4 is 9.47 Å². The van der Waals surface area contributed by atoms with E-state index in [-0.39, 0.29) is 12.2 Å². The highest BCUT2D eigenvalue weighted by Crippen LogP contribution is 2.44. The van der Waals surface area contributed by atoms with Crippen LogP contribution in [0.3, 0.4) is 0 Å². The van der Waals surface area contributed by atoms with Gasteiger partial charge in [0.05, 0.1) is 13.2 Å². The molecule has 0 bridgehead atoms. The highest BCUT2D eigenvalue weighted by atomic mass is 16.6. The number of hydrogen-bond donors (Lipinski definition) is 0. The van der Waals surface area contributed by atoms with Crippen molar-refractivity contribution in [3.63, 3.8) is 0 Å². The minimum absolute atomic E-state index is 0.204. The molecule has 0 aliphatic carbocycles. The molecule has 0 spiro atoms. The van der Waals surface area contributed by atoms with Gasteiger partial charge in [-0.15, -0.1) is 0 Å². The quantitative estimate of drug-likeness (QED) is 0.514. The average molecular weight is 322 g/mol. The van der Waals surface area contributed by atoms with Crippen LogP contribution in [0.1, 0.15) is 0 Å². The van der Waals surface area contributed by atoms with Gasteiger partial charge in [0.1, 0.15) is 25.4 Å². The average Bonchev–Trinajstić information content (AvgIpc) is 3.53. The predicted molar refractivity (Wildman–Crippen MR) is 91.9 cm³/mol. The number of benzene rings is 3. The van der Waals surface area contributed by atoms with Crippen LogP contribution in [0, 0.1) is 0 Å². The van der Waals surface area contributed by atoms with Crippen LogP contribution >= 0.6 is 0 Å². The lowest BCUT2D eigenvalue weighted by molar-refractivity contribution is 0.232. The van der Waals surface area contributed by atoms with E-state index in [4.69, 9.17) is 18.9 Å². The first-order valence-electron chi connectivity index (χ1n) is 8.32. The summed E-state index contributed by atoms with van der Waals surface area (Å²) in [6.07, 6.45) is 0.407. The van der Waals surface area contributed by atoms with Gasteiger partial charge < -0.3 is 18.9 Å². The minimum atomic E-state index is 0.204. The fourth-order valence-corrected chi connectivity index (χ4v) is 3.04. The van der Waals surface area contributed by atoms with Crippen molar-refractivity contribution in [2.24, 2.45) is 0 Å². The first-order valence-corrected chi connectivity index (χ1v) is 8.32. The van der Waals surface area contributed by atoms with Crippen LogP contribution in [-0.2, 0) is 9.47 Å². The minimum Gasteiger partial charge on any atom is -0.486 e. The number of ether oxygens (including phenoxy) is 4. The topological polar surface area (TPSA) is 43.5 Å². The van der Waals surface area contributed by atoms with E-state index < -0.39 is 0 Å². The van der Waals surface area contributed by atoms with Crippen molar-refractivity contribution in [1.82, 2.24) is 0 Å². The molecule has 4 heteroatoms. The van der Waals surface area contributed by atoms with Gasteiger partial charge in [-0.05, 0) is 10.8 Å². The molecular formula is C20H18O4. The second-order valence-electron chi connectivity index (χ2n) is 6.28. The van der Waals surface area contributed by atoms with Crippen molar-refractivity contribution in [3.05, 3.63) is 48.5 Å². The molecular weight excluding hydrogens is 304 g/mol. The van der Waals surface area contributed by atoms with Gasteiger partial charge >= 0.3 is 0 Å². The van der Waals surface area contributed by atoms with Crippen molar-refractivity contribution < 1.29 is 18.9 Å². The fraction of sp³-hybridized carbons (Fsp3) is 0.300. The molecule has 3 aromatic rings. The Morgan fingerprint density at radius 3 is 1.42 bits per heavy atom. The molecule has 2 heterocycles. The summed E-state index contributed by atoms with van der Waals surface area (Å²) in [5.41, 5.74) is 0. The molecule has 2 aliphatic rings. The van der Waals surface area contributed by atoms with E-state index in [1.165, 1.54) is 10.8 Å². The second kappa shape index (κ2) is 5.65. The standard InChI is InChI=1S/C20H18O4/c1-3-7-17-15(5-1)16-6-2-4-8-18(16)20(24-12-14-10-22-14)19(17)23-11-13-9-21-13/h1-8,13-14H,9-12H2. The van der Waals surface area contributed by atoms with E-state index in [0.717, 1.165) is 35.5 Å². The zero-order valence-corrected chi connectivity index (χ0v) is 13.2. The summed E-state index contributed by atoms with van der Waals surface area (Å²) >= 11 is 0. The fourth-order valence-electron chi connectivity index (χ4n) is 3.04. The van der Waals surface area contributed by atoms with Crippen LogP contribution in [0.2, 0.25) is 0 Å². The van der Waals surface area contributed by atoms with Gasteiger partial charge in [0, 0.05) is 10.8 Å². The van der Waals surface area contributed by atoms with Crippen molar-refractivity contribution in [2.75, 3.05) is 26.4 Å². The number of hydrogen-bond acceptors (Lipinski definition) is 4. The Morgan fingerprint density at radius 2 is 1.04 bits per heavy atom. The lowest BCUT2D eigenvalue weighted by atomic mass is 10.00. The van der Waals surface area contributed by atoms with E-state index in [1.54, 1.807) is 0 Å². The lowest BCUT2D eigenvalue weighted by Gasteiger charge is -2.18. The molecule has 24 heavy (non-hydrogen) atoms. The van der Waals surface area contributed by atoms with Gasteiger partial charge in [-0.2, -0.15) is 0 Å². The Labute approximate surface area is 139 Å². The van der Waals surface area contributed by atoms with Crippen molar-refractivity contribution in [2.45, 2.75) is 12.2 Å². The summed E-state index contributed by atoms with van der Waals surface area (Å²) in [7, 11) is 0. The Hall–Kier alpha value is -2.30. The number of rotatable bonds is 6. The van der Waals surface area contributed by atoms with Crippen molar-refractivity contribution in [1.29, 1.82) is 0 Å². The molecule has 2 aliphatic heterocycles. The molecule has 4 nitrogen and oxygen atoms in total. The molecule has 2 fully saturated rings. The molecule has 0 N–H and O–H groups in total. The highest BCUT2D eigenvalue weighted by molar-refractivity contribution is 6.13. The first kappa shape index (κ1) is 14.1. The predicted octanol–water partition coefficient (Wildman–Crippen LogP) is 3.55. The molecule has 0 saturated carbocycles. The van der Waals surface area contributed by atoms with Gasteiger partial charge in [-0.25, -0.2) is 0 Å². The van der Waals surface area contributed by atoms with Crippen molar-refractivity contribution in [3.8, 4) is 11.5 Å². The van der Waals surface area contributed by atoms with Crippen LogP contribution in [0.15, 0.2) is 48.5 Å². The third kappa shape index (κ3) is 2.58. The van der Waals surface area contributed by atoms with Gasteiger partial charge in [0.2, 0.25) is 0 Å². The summed E-state index contributed by atoms with van der Waals surface area (Å²) in [4.78, 5) is 0. The van der Waals surface area contributed by atoms with Crippen LogP contribution in [-0.4, -0.2) is 38.6 Å². The maximum Gasteiger partial charge on any atom is 0.169 e. The Kier molecular flexibility index (Phi) is 3.32. The normalized spacial score (nSPS) is 21.8. The molecule has 3 aromatic carbocycles. The summed E-state index contributed by atoms with van der Waals surface area (Å²) in [6.45, 7) is 2.66. The molecule has 5 rings (SSSR count). The van der Waals surface area contributed by atoms with E-state index in [2.05, 4.69) is 36.4 Å². The Morgan fingerprint density at radius 1 is 0.667 bits per heavy atom. The van der Waals surface area contributed by atoms with Gasteiger partial charge in [-0.1, -0.05) is 48.5 Å². The molecule has 2 saturated heterocycles. The van der Waals surface area contributed by atoms with E-state index in [9.17, 15) is 0 Å². The SMILES string of the molecule is c1ccc2c(c1)c(OCC1CO1)c(OCC1CO1)c1ccccc12. The monoisotopic (exact) mass is 322 g/mol. The van der Waals surface area contributed by atoms with Gasteiger partial charge in [-0.3, -0.25) is 0 Å². The van der Waals surface area contributed by atoms with Crippen molar-refractivity contribution >= 4 is 21.5 Å². The summed E-state index contributed by atoms with van der Waals surface area (Å²) < 4.78 is 22.9. The van der Waals surface area contributed by atoms with E-state index >= 15 is 0 Å². The largest absolute Gasteiger partial charge is 0.486 e. The maximum absolute atomic E-state index is 6.14.